The van der Waals surface area contributed by atoms with Gasteiger partial charge in [0.15, 0.2) is 0 Å². The van der Waals surface area contributed by atoms with Crippen molar-refractivity contribution < 1.29 is 22.8 Å². The summed E-state index contributed by atoms with van der Waals surface area (Å²) in [7, 11) is -2.50. The third-order valence-corrected chi connectivity index (χ3v) is 6.96. The zero-order valence-corrected chi connectivity index (χ0v) is 20.2. The molecule has 0 radical (unpaired) electrons. The van der Waals surface area contributed by atoms with Gasteiger partial charge in [-0.05, 0) is 60.7 Å². The van der Waals surface area contributed by atoms with Gasteiger partial charge in [0.25, 0.3) is 0 Å². The molecular weight excluding hydrogens is 496 g/mol. The molecular formula is C25H18Cl2NO5P. The maximum atomic E-state index is 14.0. The summed E-state index contributed by atoms with van der Waals surface area (Å²) in [5.74, 6) is 1.05. The van der Waals surface area contributed by atoms with Gasteiger partial charge in [-0.3, -0.25) is 5.09 Å². The SMILES string of the molecule is COc1cc2c(cc1NP(=O)(Oc1ccc(Cl)cc1)Oc1ccc(Cl)cc1)oc1ccccc12. The molecule has 9 heteroatoms. The van der Waals surface area contributed by atoms with Crippen molar-refractivity contribution in [3.05, 3.63) is 95.0 Å². The predicted molar refractivity (Wildman–Crippen MR) is 136 cm³/mol. The molecule has 0 fully saturated rings. The Morgan fingerprint density at radius 2 is 1.35 bits per heavy atom. The standard InChI is InChI=1S/C25H18Cl2NO5P/c1-30-25-14-21-20-4-2-3-5-23(20)31-24(21)15-22(25)28-34(29,32-18-10-6-16(26)7-11-18)33-19-12-8-17(27)9-13-19/h2-15H,1H3,(H,28,29). The van der Waals surface area contributed by atoms with Crippen molar-refractivity contribution in [2.45, 2.75) is 0 Å². The first-order valence-electron chi connectivity index (χ1n) is 10.2. The second-order valence-corrected chi connectivity index (χ2v) is 9.80. The number of furan rings is 1. The van der Waals surface area contributed by atoms with Crippen molar-refractivity contribution >= 4 is 58.6 Å². The third-order valence-electron chi connectivity index (χ3n) is 5.03. The van der Waals surface area contributed by atoms with Crippen LogP contribution >= 0.6 is 30.9 Å². The fourth-order valence-electron chi connectivity index (χ4n) is 3.49. The van der Waals surface area contributed by atoms with Crippen molar-refractivity contribution in [2.24, 2.45) is 0 Å². The smallest absolute Gasteiger partial charge is 0.495 e. The Balaban J connectivity index is 1.56. The van der Waals surface area contributed by atoms with Gasteiger partial charge >= 0.3 is 7.75 Å². The van der Waals surface area contributed by atoms with Crippen LogP contribution in [0.4, 0.5) is 5.69 Å². The maximum Gasteiger partial charge on any atom is 0.541 e. The number of anilines is 1. The Labute approximate surface area is 205 Å². The molecule has 0 aliphatic heterocycles. The molecule has 34 heavy (non-hydrogen) atoms. The normalized spacial score (nSPS) is 11.5. The highest BCUT2D eigenvalue weighted by atomic mass is 35.5. The number of ether oxygens (including phenoxy) is 1. The molecule has 0 saturated heterocycles. The number of fused-ring (bicyclic) bond motifs is 3. The molecule has 172 valence electrons. The molecule has 1 heterocycles. The zero-order chi connectivity index (χ0) is 23.7. The van der Waals surface area contributed by atoms with Gasteiger partial charge in [-0.25, -0.2) is 4.57 Å². The van der Waals surface area contributed by atoms with Crippen molar-refractivity contribution in [2.75, 3.05) is 12.2 Å². The van der Waals surface area contributed by atoms with E-state index in [4.69, 9.17) is 41.4 Å². The average molecular weight is 514 g/mol. The molecule has 0 amide bonds. The van der Waals surface area contributed by atoms with Crippen LogP contribution in [0.1, 0.15) is 0 Å². The monoisotopic (exact) mass is 513 g/mol. The van der Waals surface area contributed by atoms with Gasteiger partial charge in [-0.15, -0.1) is 0 Å². The molecule has 4 aromatic carbocycles. The second-order valence-electron chi connectivity index (χ2n) is 7.35. The number of benzene rings is 4. The van der Waals surface area contributed by atoms with Gasteiger partial charge in [0.1, 0.15) is 28.4 Å². The maximum absolute atomic E-state index is 14.0. The molecule has 0 saturated carbocycles. The minimum Gasteiger partial charge on any atom is -0.495 e. The quantitative estimate of drug-likeness (QED) is 0.220. The number of methoxy groups -OCH3 is 1. The van der Waals surface area contributed by atoms with E-state index in [1.807, 2.05) is 30.3 Å². The first-order valence-corrected chi connectivity index (χ1v) is 12.5. The van der Waals surface area contributed by atoms with Crippen molar-refractivity contribution in [3.63, 3.8) is 0 Å². The molecule has 0 aliphatic carbocycles. The fourth-order valence-corrected chi connectivity index (χ4v) is 5.14. The number of para-hydroxylation sites is 1. The fraction of sp³-hybridized carbons (Fsp3) is 0.0400. The number of halogens is 2. The summed E-state index contributed by atoms with van der Waals surface area (Å²) in [5.41, 5.74) is 1.70. The lowest BCUT2D eigenvalue weighted by molar-refractivity contribution is 0.391. The molecule has 5 aromatic rings. The van der Waals surface area contributed by atoms with E-state index in [2.05, 4.69) is 5.09 Å². The Morgan fingerprint density at radius 3 is 1.94 bits per heavy atom. The Hall–Kier alpha value is -3.31. The highest BCUT2D eigenvalue weighted by Crippen LogP contribution is 2.51. The van der Waals surface area contributed by atoms with E-state index in [0.717, 1.165) is 16.4 Å². The van der Waals surface area contributed by atoms with Gasteiger partial charge in [0, 0.05) is 26.9 Å². The van der Waals surface area contributed by atoms with E-state index in [-0.39, 0.29) is 0 Å². The van der Waals surface area contributed by atoms with Crippen molar-refractivity contribution in [3.8, 4) is 17.2 Å². The minimum absolute atomic E-state index is 0.304. The lowest BCUT2D eigenvalue weighted by Crippen LogP contribution is -2.10. The van der Waals surface area contributed by atoms with Crippen LogP contribution in [0.25, 0.3) is 21.9 Å². The van der Waals surface area contributed by atoms with Crippen LogP contribution in [-0.2, 0) is 4.57 Å². The predicted octanol–water partition coefficient (Wildman–Crippen LogP) is 8.58. The number of hydrogen-bond acceptors (Lipinski definition) is 5. The highest BCUT2D eigenvalue weighted by molar-refractivity contribution is 7.56. The topological polar surface area (TPSA) is 69.9 Å². The highest BCUT2D eigenvalue weighted by Gasteiger charge is 2.31. The van der Waals surface area contributed by atoms with Gasteiger partial charge in [-0.1, -0.05) is 41.4 Å². The third kappa shape index (κ3) is 4.66. The lowest BCUT2D eigenvalue weighted by atomic mass is 10.1. The molecule has 1 N–H and O–H groups in total. The van der Waals surface area contributed by atoms with Crippen LogP contribution < -0.4 is 18.9 Å². The molecule has 0 aliphatic rings. The van der Waals surface area contributed by atoms with Crippen molar-refractivity contribution in [1.29, 1.82) is 0 Å². The Kier molecular flexibility index (Phi) is 6.05. The average Bonchev–Trinajstić information content (AvgIpc) is 3.19. The van der Waals surface area contributed by atoms with E-state index >= 15 is 0 Å². The molecule has 5 rings (SSSR count). The summed E-state index contributed by atoms with van der Waals surface area (Å²) in [5, 5.41) is 5.75. The van der Waals surface area contributed by atoms with Gasteiger partial charge < -0.3 is 18.2 Å². The number of nitrogens with one attached hydrogen (secondary N) is 1. The van der Waals surface area contributed by atoms with Crippen LogP contribution in [0.3, 0.4) is 0 Å². The van der Waals surface area contributed by atoms with Crippen molar-refractivity contribution in [1.82, 2.24) is 0 Å². The van der Waals surface area contributed by atoms with Crippen LogP contribution in [0.15, 0.2) is 89.3 Å². The number of hydrogen-bond donors (Lipinski definition) is 1. The van der Waals surface area contributed by atoms with Crippen LogP contribution in [-0.4, -0.2) is 7.11 Å². The van der Waals surface area contributed by atoms with E-state index < -0.39 is 7.75 Å². The minimum atomic E-state index is -4.03. The summed E-state index contributed by atoms with van der Waals surface area (Å²) >= 11 is 11.9. The van der Waals surface area contributed by atoms with Crippen LogP contribution in [0, 0.1) is 0 Å². The first-order chi connectivity index (χ1) is 16.4. The lowest BCUT2D eigenvalue weighted by Gasteiger charge is -2.22. The largest absolute Gasteiger partial charge is 0.541 e. The summed E-state index contributed by atoms with van der Waals surface area (Å²) in [4.78, 5) is 0. The molecule has 0 atom stereocenters. The van der Waals surface area contributed by atoms with Crippen LogP contribution in [0.2, 0.25) is 10.0 Å². The number of rotatable bonds is 7. The molecule has 1 aromatic heterocycles. The summed E-state index contributed by atoms with van der Waals surface area (Å²) in [6.07, 6.45) is 0. The molecule has 0 bridgehead atoms. The first kappa shape index (κ1) is 22.5. The van der Waals surface area contributed by atoms with Gasteiger partial charge in [0.05, 0.1) is 12.8 Å². The zero-order valence-electron chi connectivity index (χ0n) is 17.8. The van der Waals surface area contributed by atoms with Gasteiger partial charge in [0.2, 0.25) is 0 Å². The van der Waals surface area contributed by atoms with E-state index in [9.17, 15) is 4.57 Å². The van der Waals surface area contributed by atoms with E-state index in [1.54, 1.807) is 54.6 Å². The summed E-state index contributed by atoms with van der Waals surface area (Å²) in [6, 6.07) is 24.1. The van der Waals surface area contributed by atoms with E-state index in [1.165, 1.54) is 7.11 Å². The Morgan fingerprint density at radius 1 is 0.765 bits per heavy atom. The van der Waals surface area contributed by atoms with E-state index in [0.29, 0.717) is 38.6 Å². The Bertz CT molecular complexity index is 1470. The van der Waals surface area contributed by atoms with Crippen LogP contribution in [0.5, 0.6) is 17.2 Å². The summed E-state index contributed by atoms with van der Waals surface area (Å²) < 4.78 is 37.1. The second kappa shape index (κ2) is 9.15. The molecule has 6 nitrogen and oxygen atoms in total. The summed E-state index contributed by atoms with van der Waals surface area (Å²) in [6.45, 7) is 0. The molecule has 0 unspecified atom stereocenters. The van der Waals surface area contributed by atoms with Gasteiger partial charge in [-0.2, -0.15) is 0 Å². The molecule has 0 spiro atoms.